The molecule has 1 saturated heterocycles. The summed E-state index contributed by atoms with van der Waals surface area (Å²) in [6, 6.07) is 0.192. The molecule has 0 saturated carbocycles. The van der Waals surface area contributed by atoms with Crippen LogP contribution in [0.4, 0.5) is 0 Å². The van der Waals surface area contributed by atoms with Gasteiger partial charge in [0.2, 0.25) is 5.91 Å². The minimum Gasteiger partial charge on any atom is -0.365 e. The molecule has 0 aromatic carbocycles. The number of rotatable bonds is 4. The van der Waals surface area contributed by atoms with Gasteiger partial charge in [0.25, 0.3) is 0 Å². The zero-order chi connectivity index (χ0) is 11.4. The van der Waals surface area contributed by atoms with Crippen LogP contribution in [0.15, 0.2) is 0 Å². The van der Waals surface area contributed by atoms with Crippen molar-refractivity contribution in [2.24, 2.45) is 5.92 Å². The van der Waals surface area contributed by atoms with E-state index >= 15 is 0 Å². The lowest BCUT2D eigenvalue weighted by molar-refractivity contribution is -0.132. The summed E-state index contributed by atoms with van der Waals surface area (Å²) in [5.41, 5.74) is 0. The van der Waals surface area contributed by atoms with Crippen molar-refractivity contribution >= 4 is 21.8 Å². The van der Waals surface area contributed by atoms with Crippen LogP contribution in [0.25, 0.3) is 0 Å². The standard InChI is InChI=1S/C11H20BrNO2/c1-7(2)9(6-12)13-11(14)10-5-4-8(3)15-10/h7-10H,4-6H2,1-3H3,(H,13,14). The Kier molecular flexibility index (Phi) is 5.06. The minimum atomic E-state index is -0.236. The summed E-state index contributed by atoms with van der Waals surface area (Å²) in [7, 11) is 0. The van der Waals surface area contributed by atoms with Crippen molar-refractivity contribution in [1.82, 2.24) is 5.32 Å². The number of hydrogen-bond acceptors (Lipinski definition) is 2. The molecule has 3 nitrogen and oxygen atoms in total. The van der Waals surface area contributed by atoms with E-state index in [-0.39, 0.29) is 24.2 Å². The van der Waals surface area contributed by atoms with Crippen molar-refractivity contribution < 1.29 is 9.53 Å². The topological polar surface area (TPSA) is 38.3 Å². The highest BCUT2D eigenvalue weighted by Gasteiger charge is 2.29. The molecule has 1 fully saturated rings. The van der Waals surface area contributed by atoms with Gasteiger partial charge < -0.3 is 10.1 Å². The van der Waals surface area contributed by atoms with Crippen LogP contribution in [0, 0.1) is 5.92 Å². The Morgan fingerprint density at radius 2 is 2.20 bits per heavy atom. The molecule has 0 radical (unpaired) electrons. The van der Waals surface area contributed by atoms with Crippen molar-refractivity contribution in [2.45, 2.75) is 51.9 Å². The predicted octanol–water partition coefficient (Wildman–Crippen LogP) is 2.09. The fourth-order valence-electron chi connectivity index (χ4n) is 1.65. The molecule has 0 aromatic heterocycles. The maximum atomic E-state index is 11.8. The van der Waals surface area contributed by atoms with Gasteiger partial charge in [0.05, 0.1) is 6.10 Å². The van der Waals surface area contributed by atoms with Gasteiger partial charge in [-0.3, -0.25) is 4.79 Å². The Morgan fingerprint density at radius 3 is 2.60 bits per heavy atom. The quantitative estimate of drug-likeness (QED) is 0.800. The van der Waals surface area contributed by atoms with Crippen molar-refractivity contribution in [3.05, 3.63) is 0 Å². The molecule has 88 valence electrons. The highest BCUT2D eigenvalue weighted by molar-refractivity contribution is 9.09. The summed E-state index contributed by atoms with van der Waals surface area (Å²) in [5, 5.41) is 3.81. The minimum absolute atomic E-state index is 0.0394. The smallest absolute Gasteiger partial charge is 0.249 e. The van der Waals surface area contributed by atoms with E-state index in [0.29, 0.717) is 5.92 Å². The second-order valence-electron chi connectivity index (χ2n) is 4.53. The summed E-state index contributed by atoms with van der Waals surface area (Å²) in [4.78, 5) is 11.8. The normalized spacial score (nSPS) is 28.1. The second kappa shape index (κ2) is 5.85. The first-order valence-corrected chi connectivity index (χ1v) is 6.68. The molecule has 1 amide bonds. The molecule has 3 atom stereocenters. The molecular weight excluding hydrogens is 258 g/mol. The van der Waals surface area contributed by atoms with E-state index in [1.54, 1.807) is 0 Å². The van der Waals surface area contributed by atoms with E-state index < -0.39 is 0 Å². The fourth-order valence-corrected chi connectivity index (χ4v) is 2.56. The number of carbonyl (C=O) groups excluding carboxylic acids is 1. The van der Waals surface area contributed by atoms with Crippen LogP contribution >= 0.6 is 15.9 Å². The van der Waals surface area contributed by atoms with Crippen LogP contribution in [0.2, 0.25) is 0 Å². The van der Waals surface area contributed by atoms with E-state index in [2.05, 4.69) is 35.1 Å². The van der Waals surface area contributed by atoms with Crippen LogP contribution in [0.1, 0.15) is 33.6 Å². The number of halogens is 1. The number of ether oxygens (including phenoxy) is 1. The third kappa shape index (κ3) is 3.76. The summed E-state index contributed by atoms with van der Waals surface area (Å²) < 4.78 is 5.52. The lowest BCUT2D eigenvalue weighted by Gasteiger charge is -2.22. The zero-order valence-corrected chi connectivity index (χ0v) is 11.2. The molecule has 0 bridgehead atoms. The summed E-state index contributed by atoms with van der Waals surface area (Å²) >= 11 is 3.41. The van der Waals surface area contributed by atoms with Gasteiger partial charge in [-0.25, -0.2) is 0 Å². The van der Waals surface area contributed by atoms with Crippen LogP contribution in [0.5, 0.6) is 0 Å². The fraction of sp³-hybridized carbons (Fsp3) is 0.909. The molecule has 1 aliphatic heterocycles. The van der Waals surface area contributed by atoms with Crippen LogP contribution < -0.4 is 5.32 Å². The first-order valence-electron chi connectivity index (χ1n) is 5.56. The first-order chi connectivity index (χ1) is 7.04. The van der Waals surface area contributed by atoms with Crippen molar-refractivity contribution in [1.29, 1.82) is 0 Å². The summed E-state index contributed by atoms with van der Waals surface area (Å²) in [5.74, 6) is 0.477. The lowest BCUT2D eigenvalue weighted by atomic mass is 10.1. The largest absolute Gasteiger partial charge is 0.365 e. The van der Waals surface area contributed by atoms with Crippen molar-refractivity contribution in [2.75, 3.05) is 5.33 Å². The average Bonchev–Trinajstić information content (AvgIpc) is 2.60. The van der Waals surface area contributed by atoms with Gasteiger partial charge in [-0.15, -0.1) is 0 Å². The third-order valence-electron chi connectivity index (χ3n) is 2.82. The van der Waals surface area contributed by atoms with Gasteiger partial charge in [0, 0.05) is 11.4 Å². The Balaban J connectivity index is 2.40. The number of carbonyl (C=O) groups is 1. The highest BCUT2D eigenvalue weighted by atomic mass is 79.9. The molecule has 3 unspecified atom stereocenters. The lowest BCUT2D eigenvalue weighted by Crippen LogP contribution is -2.44. The summed E-state index contributed by atoms with van der Waals surface area (Å²) in [6.07, 6.45) is 1.82. The van der Waals surface area contributed by atoms with E-state index in [0.717, 1.165) is 18.2 Å². The van der Waals surface area contributed by atoms with Gasteiger partial charge >= 0.3 is 0 Å². The molecule has 4 heteroatoms. The predicted molar refractivity (Wildman–Crippen MR) is 64.1 cm³/mol. The Bertz CT molecular complexity index is 221. The molecule has 1 N–H and O–H groups in total. The number of amides is 1. The van der Waals surface area contributed by atoms with Crippen LogP contribution in [0.3, 0.4) is 0 Å². The number of hydrogen-bond donors (Lipinski definition) is 1. The molecule has 1 heterocycles. The van der Waals surface area contributed by atoms with Gasteiger partial charge in [0.15, 0.2) is 0 Å². The van der Waals surface area contributed by atoms with Gasteiger partial charge in [-0.2, -0.15) is 0 Å². The maximum Gasteiger partial charge on any atom is 0.249 e. The maximum absolute atomic E-state index is 11.8. The zero-order valence-electron chi connectivity index (χ0n) is 9.63. The molecule has 1 aliphatic rings. The molecular formula is C11H20BrNO2. The number of nitrogens with one attached hydrogen (secondary N) is 1. The molecule has 0 aromatic rings. The monoisotopic (exact) mass is 277 g/mol. The molecule has 1 rings (SSSR count). The van der Waals surface area contributed by atoms with Crippen LogP contribution in [-0.2, 0) is 9.53 Å². The number of alkyl halides is 1. The van der Waals surface area contributed by atoms with Gasteiger partial charge in [0.1, 0.15) is 6.10 Å². The Labute approximate surface area is 100 Å². The van der Waals surface area contributed by atoms with Crippen molar-refractivity contribution in [3.8, 4) is 0 Å². The molecule has 0 spiro atoms. The van der Waals surface area contributed by atoms with Crippen LogP contribution in [-0.4, -0.2) is 29.5 Å². The highest BCUT2D eigenvalue weighted by Crippen LogP contribution is 2.19. The SMILES string of the molecule is CC1CCC(C(=O)NC(CBr)C(C)C)O1. The van der Waals surface area contributed by atoms with E-state index in [4.69, 9.17) is 4.74 Å². The van der Waals surface area contributed by atoms with Crippen molar-refractivity contribution in [3.63, 3.8) is 0 Å². The van der Waals surface area contributed by atoms with E-state index in [9.17, 15) is 4.79 Å². The summed E-state index contributed by atoms with van der Waals surface area (Å²) in [6.45, 7) is 6.21. The Morgan fingerprint density at radius 1 is 1.53 bits per heavy atom. The molecule has 15 heavy (non-hydrogen) atoms. The van der Waals surface area contributed by atoms with Gasteiger partial charge in [-0.1, -0.05) is 29.8 Å². The Hall–Kier alpha value is -0.0900. The second-order valence-corrected chi connectivity index (χ2v) is 5.17. The van der Waals surface area contributed by atoms with E-state index in [1.165, 1.54) is 0 Å². The molecule has 0 aliphatic carbocycles. The van der Waals surface area contributed by atoms with Gasteiger partial charge in [-0.05, 0) is 25.7 Å². The van der Waals surface area contributed by atoms with E-state index in [1.807, 2.05) is 6.92 Å². The average molecular weight is 278 g/mol. The first kappa shape index (κ1) is 13.0. The third-order valence-corrected chi connectivity index (χ3v) is 3.52.